The molecule has 1 heterocycles. The van der Waals surface area contributed by atoms with Crippen molar-refractivity contribution >= 4 is 0 Å². The van der Waals surface area contributed by atoms with Gasteiger partial charge in [-0.25, -0.2) is 0 Å². The summed E-state index contributed by atoms with van der Waals surface area (Å²) in [6, 6.07) is 1.46. The van der Waals surface area contributed by atoms with Crippen LogP contribution >= 0.6 is 0 Å². The van der Waals surface area contributed by atoms with Crippen LogP contribution in [0.3, 0.4) is 0 Å². The van der Waals surface area contributed by atoms with E-state index in [0.29, 0.717) is 6.10 Å². The van der Waals surface area contributed by atoms with E-state index in [1.807, 2.05) is 0 Å². The second-order valence-corrected chi connectivity index (χ2v) is 5.63. The molecule has 3 nitrogen and oxygen atoms in total. The lowest BCUT2D eigenvalue weighted by Gasteiger charge is -2.35. The summed E-state index contributed by atoms with van der Waals surface area (Å²) in [5.41, 5.74) is 0. The molecule has 0 spiro atoms. The third-order valence-electron chi connectivity index (χ3n) is 3.66. The van der Waals surface area contributed by atoms with Gasteiger partial charge in [-0.1, -0.05) is 0 Å². The first-order valence-electron chi connectivity index (χ1n) is 7.15. The van der Waals surface area contributed by atoms with Crippen molar-refractivity contribution in [2.75, 3.05) is 26.7 Å². The summed E-state index contributed by atoms with van der Waals surface area (Å²) < 4.78 is 5.53. The maximum Gasteiger partial charge on any atom is 0.0518 e. The highest BCUT2D eigenvalue weighted by atomic mass is 16.5. The fourth-order valence-corrected chi connectivity index (χ4v) is 2.33. The van der Waals surface area contributed by atoms with E-state index in [9.17, 15) is 0 Å². The maximum absolute atomic E-state index is 5.53. The molecular weight excluding hydrogens is 212 g/mol. The van der Waals surface area contributed by atoms with E-state index in [4.69, 9.17) is 4.74 Å². The highest BCUT2D eigenvalue weighted by Gasteiger charge is 2.21. The predicted molar refractivity (Wildman–Crippen MR) is 73.4 cm³/mol. The van der Waals surface area contributed by atoms with Gasteiger partial charge in [0.1, 0.15) is 0 Å². The molecule has 0 aromatic rings. The summed E-state index contributed by atoms with van der Waals surface area (Å²) in [4.78, 5) is 2.45. The van der Waals surface area contributed by atoms with Gasteiger partial charge in [0.05, 0.1) is 6.10 Å². The van der Waals surface area contributed by atoms with Crippen LogP contribution in [0.4, 0.5) is 0 Å². The number of hydrogen-bond acceptors (Lipinski definition) is 3. The van der Waals surface area contributed by atoms with E-state index in [2.05, 4.69) is 38.0 Å². The Labute approximate surface area is 107 Å². The fourth-order valence-electron chi connectivity index (χ4n) is 2.33. The van der Waals surface area contributed by atoms with Crippen LogP contribution in [0.25, 0.3) is 0 Å². The second kappa shape index (κ2) is 8.06. The summed E-state index contributed by atoms with van der Waals surface area (Å²) in [5, 5.41) is 3.68. The Kier molecular flexibility index (Phi) is 7.09. The van der Waals surface area contributed by atoms with Crippen molar-refractivity contribution < 1.29 is 4.74 Å². The van der Waals surface area contributed by atoms with Crippen LogP contribution in [0, 0.1) is 0 Å². The number of likely N-dealkylation sites (tertiary alicyclic amines) is 1. The molecule has 1 aliphatic heterocycles. The van der Waals surface area contributed by atoms with E-state index < -0.39 is 0 Å². The summed E-state index contributed by atoms with van der Waals surface area (Å²) in [7, 11) is 2.23. The van der Waals surface area contributed by atoms with Crippen LogP contribution in [0.15, 0.2) is 0 Å². The Bertz CT molecular complexity index is 197. The average molecular weight is 242 g/mol. The quantitative estimate of drug-likeness (QED) is 0.693. The normalized spacial score (nSPS) is 26.6. The second-order valence-electron chi connectivity index (χ2n) is 5.63. The summed E-state index contributed by atoms with van der Waals surface area (Å²) >= 11 is 0. The molecule has 3 heteroatoms. The van der Waals surface area contributed by atoms with E-state index >= 15 is 0 Å². The molecule has 0 bridgehead atoms. The predicted octanol–water partition coefficient (Wildman–Crippen LogP) is 2.26. The van der Waals surface area contributed by atoms with Gasteiger partial charge < -0.3 is 15.0 Å². The van der Waals surface area contributed by atoms with Crippen molar-refractivity contribution in [1.29, 1.82) is 0 Å². The van der Waals surface area contributed by atoms with Crippen LogP contribution in [-0.4, -0.2) is 49.8 Å². The summed E-state index contributed by atoms with van der Waals surface area (Å²) in [6.45, 7) is 9.79. The van der Waals surface area contributed by atoms with Crippen molar-refractivity contribution in [3.05, 3.63) is 0 Å². The van der Waals surface area contributed by atoms with E-state index in [-0.39, 0.29) is 0 Å². The number of piperidine rings is 1. The van der Waals surface area contributed by atoms with Gasteiger partial charge in [-0.3, -0.25) is 0 Å². The molecule has 0 amide bonds. The molecule has 1 aliphatic rings. The Hall–Kier alpha value is -0.120. The number of ether oxygens (including phenoxy) is 1. The van der Waals surface area contributed by atoms with Gasteiger partial charge in [-0.15, -0.1) is 0 Å². The Morgan fingerprint density at radius 1 is 1.35 bits per heavy atom. The lowest BCUT2D eigenvalue weighted by Crippen LogP contribution is -2.45. The van der Waals surface area contributed by atoms with Crippen LogP contribution < -0.4 is 5.32 Å². The number of unbranched alkanes of at least 4 members (excludes halogenated alkanes) is 1. The number of rotatable bonds is 7. The summed E-state index contributed by atoms with van der Waals surface area (Å²) in [6.07, 6.45) is 5.36. The van der Waals surface area contributed by atoms with E-state index in [1.54, 1.807) is 0 Å². The zero-order chi connectivity index (χ0) is 12.7. The molecule has 1 rings (SSSR count). The monoisotopic (exact) mass is 242 g/mol. The van der Waals surface area contributed by atoms with Crippen molar-refractivity contribution in [3.8, 4) is 0 Å². The number of hydrogen-bond donors (Lipinski definition) is 1. The maximum atomic E-state index is 5.53. The fraction of sp³-hybridized carbons (Fsp3) is 1.00. The molecule has 1 N–H and O–H groups in total. The minimum absolute atomic E-state index is 0.373. The number of nitrogens with zero attached hydrogens (tertiary/aromatic N) is 1. The largest absolute Gasteiger partial charge is 0.379 e. The van der Waals surface area contributed by atoms with Crippen molar-refractivity contribution in [2.24, 2.45) is 0 Å². The molecule has 102 valence electrons. The molecule has 2 atom stereocenters. The van der Waals surface area contributed by atoms with Gasteiger partial charge in [-0.2, -0.15) is 0 Å². The zero-order valence-corrected chi connectivity index (χ0v) is 12.0. The molecule has 2 unspecified atom stereocenters. The highest BCUT2D eigenvalue weighted by Crippen LogP contribution is 2.15. The molecule has 1 saturated heterocycles. The average Bonchev–Trinajstić information content (AvgIpc) is 2.27. The lowest BCUT2D eigenvalue weighted by atomic mass is 9.99. The molecule has 0 aliphatic carbocycles. The first kappa shape index (κ1) is 14.9. The van der Waals surface area contributed by atoms with Crippen molar-refractivity contribution in [1.82, 2.24) is 10.2 Å². The Balaban J connectivity index is 1.96. The third-order valence-corrected chi connectivity index (χ3v) is 3.66. The minimum atomic E-state index is 0.373. The van der Waals surface area contributed by atoms with Crippen LogP contribution in [0.1, 0.15) is 46.5 Å². The van der Waals surface area contributed by atoms with Crippen LogP contribution in [-0.2, 0) is 4.74 Å². The van der Waals surface area contributed by atoms with Gasteiger partial charge in [0.2, 0.25) is 0 Å². The molecule has 0 aromatic carbocycles. The Morgan fingerprint density at radius 2 is 2.12 bits per heavy atom. The van der Waals surface area contributed by atoms with Gasteiger partial charge in [0, 0.05) is 18.7 Å². The molecule has 0 aromatic heterocycles. The van der Waals surface area contributed by atoms with E-state index in [1.165, 1.54) is 32.2 Å². The highest BCUT2D eigenvalue weighted by molar-refractivity contribution is 4.80. The molecule has 1 fully saturated rings. The molecule has 0 saturated carbocycles. The van der Waals surface area contributed by atoms with Gasteiger partial charge in [-0.05, 0) is 66.6 Å². The lowest BCUT2D eigenvalue weighted by molar-refractivity contribution is 0.0757. The first-order chi connectivity index (χ1) is 8.09. The van der Waals surface area contributed by atoms with Gasteiger partial charge >= 0.3 is 0 Å². The molecule has 0 radical (unpaired) electrons. The van der Waals surface area contributed by atoms with Gasteiger partial charge in [0.15, 0.2) is 0 Å². The van der Waals surface area contributed by atoms with Gasteiger partial charge in [0.25, 0.3) is 0 Å². The molecular formula is C14H30N2O. The Morgan fingerprint density at radius 3 is 2.76 bits per heavy atom. The minimum Gasteiger partial charge on any atom is -0.379 e. The van der Waals surface area contributed by atoms with Crippen LogP contribution in [0.5, 0.6) is 0 Å². The topological polar surface area (TPSA) is 24.5 Å². The van der Waals surface area contributed by atoms with Crippen molar-refractivity contribution in [3.63, 3.8) is 0 Å². The smallest absolute Gasteiger partial charge is 0.0518 e. The molecule has 17 heavy (non-hydrogen) atoms. The first-order valence-corrected chi connectivity index (χ1v) is 7.15. The summed E-state index contributed by atoms with van der Waals surface area (Å²) in [5.74, 6) is 0. The van der Waals surface area contributed by atoms with Crippen LogP contribution in [0.2, 0.25) is 0 Å². The van der Waals surface area contributed by atoms with Crippen molar-refractivity contribution in [2.45, 2.75) is 64.6 Å². The SMILES string of the molecule is CC(C)OCCCCNC1CCN(C)C(C)C1. The standard InChI is InChI=1S/C14H30N2O/c1-12(2)17-10-6-5-8-15-14-7-9-16(4)13(3)11-14/h12-15H,5-11H2,1-4H3. The third kappa shape index (κ3) is 6.39. The number of nitrogens with one attached hydrogen (secondary N) is 1. The zero-order valence-electron chi connectivity index (χ0n) is 12.0. The van der Waals surface area contributed by atoms with E-state index in [0.717, 1.165) is 25.2 Å².